The monoisotopic (exact) mass is 461 g/mol. The van der Waals surface area contributed by atoms with Gasteiger partial charge >= 0.3 is 0 Å². The minimum absolute atomic E-state index is 0.0866. The van der Waals surface area contributed by atoms with E-state index < -0.39 is 10.9 Å². The minimum Gasteiger partial charge on any atom is -0.505 e. The van der Waals surface area contributed by atoms with Crippen molar-refractivity contribution in [2.45, 2.75) is 37.6 Å². The largest absolute Gasteiger partial charge is 0.505 e. The molecule has 3 N–H and O–H groups in total. The molecule has 7 nitrogen and oxygen atoms in total. The van der Waals surface area contributed by atoms with Crippen LogP contribution in [0.3, 0.4) is 0 Å². The molecule has 0 saturated heterocycles. The van der Waals surface area contributed by atoms with Crippen molar-refractivity contribution in [1.82, 2.24) is 4.31 Å². The van der Waals surface area contributed by atoms with Gasteiger partial charge in [0.1, 0.15) is 17.1 Å². The van der Waals surface area contributed by atoms with Gasteiger partial charge in [0.2, 0.25) is 0 Å². The molecule has 1 aromatic heterocycles. The van der Waals surface area contributed by atoms with Crippen molar-refractivity contribution in [2.24, 2.45) is 5.41 Å². The van der Waals surface area contributed by atoms with Crippen molar-refractivity contribution < 1.29 is 9.52 Å². The average Bonchev–Trinajstić information content (AvgIpc) is 3.18. The highest BCUT2D eigenvalue weighted by Crippen LogP contribution is 2.47. The van der Waals surface area contributed by atoms with E-state index in [9.17, 15) is 14.7 Å². The molecular weight excluding hydrogens is 438 g/mol. The van der Waals surface area contributed by atoms with Gasteiger partial charge in [0.25, 0.3) is 10.9 Å². The third kappa shape index (κ3) is 3.84. The van der Waals surface area contributed by atoms with Gasteiger partial charge in [-0.3, -0.25) is 13.9 Å². The van der Waals surface area contributed by atoms with E-state index in [4.69, 9.17) is 16.0 Å². The number of fused-ring (bicyclic) bond motifs is 1. The van der Waals surface area contributed by atoms with Crippen LogP contribution in [0.5, 0.6) is 5.75 Å². The Morgan fingerprint density at radius 2 is 1.90 bits per heavy atom. The van der Waals surface area contributed by atoms with E-state index in [1.54, 1.807) is 22.7 Å². The Balaban J connectivity index is 1.67. The molecule has 1 aliphatic rings. The number of nitrogens with one attached hydrogen (secondary N) is 2. The summed E-state index contributed by atoms with van der Waals surface area (Å²) < 4.78 is 7.50. The lowest BCUT2D eigenvalue weighted by atomic mass is 9.73. The number of hydrogen-bond donors (Lipinski definition) is 3. The molecule has 1 atom stereocenters. The zero-order valence-corrected chi connectivity index (χ0v) is 19.3. The standard InChI is InChI=1S/C22H24ClN3O4S/c1-22(2)9-7-11-8-10-30-19(11)21(22)25-15-14(17(28)18(15)29)24-13-6-5-12(23)20(16(13)27)31-26(3)4/h5-6,8,10,21,24-25,27H,7,9H2,1-4H3. The second kappa shape index (κ2) is 7.93. The summed E-state index contributed by atoms with van der Waals surface area (Å²) in [6, 6.07) is 4.89. The van der Waals surface area contributed by atoms with Crippen LogP contribution in [0.4, 0.5) is 17.1 Å². The van der Waals surface area contributed by atoms with Gasteiger partial charge in [-0.15, -0.1) is 0 Å². The summed E-state index contributed by atoms with van der Waals surface area (Å²) in [4.78, 5) is 25.2. The summed E-state index contributed by atoms with van der Waals surface area (Å²) >= 11 is 7.47. The van der Waals surface area contributed by atoms with Gasteiger partial charge in [-0.05, 0) is 68.1 Å². The molecule has 0 fully saturated rings. The molecule has 3 aromatic rings. The van der Waals surface area contributed by atoms with Crippen LogP contribution < -0.4 is 21.5 Å². The van der Waals surface area contributed by atoms with E-state index >= 15 is 0 Å². The van der Waals surface area contributed by atoms with Gasteiger partial charge in [-0.25, -0.2) is 0 Å². The molecule has 0 bridgehead atoms. The molecule has 164 valence electrons. The van der Waals surface area contributed by atoms with Crippen LogP contribution in [0.15, 0.2) is 43.4 Å². The molecule has 1 aliphatic carbocycles. The van der Waals surface area contributed by atoms with E-state index in [1.807, 2.05) is 20.2 Å². The molecule has 0 amide bonds. The van der Waals surface area contributed by atoms with E-state index in [2.05, 4.69) is 24.5 Å². The number of aromatic hydroxyl groups is 1. The van der Waals surface area contributed by atoms with Crippen LogP contribution in [-0.2, 0) is 6.42 Å². The summed E-state index contributed by atoms with van der Waals surface area (Å²) in [6.07, 6.45) is 3.47. The molecular formula is C22H24ClN3O4S. The molecule has 0 spiro atoms. The number of anilines is 3. The molecule has 31 heavy (non-hydrogen) atoms. The quantitative estimate of drug-likeness (QED) is 0.277. The summed E-state index contributed by atoms with van der Waals surface area (Å²) in [5.41, 5.74) is 0.317. The Hall–Kier alpha value is -2.42. The molecule has 2 aromatic carbocycles. The third-order valence-electron chi connectivity index (χ3n) is 5.68. The number of aryl methyl sites for hydroxylation is 1. The Bertz CT molecular complexity index is 1210. The predicted octanol–water partition coefficient (Wildman–Crippen LogP) is 4.67. The number of rotatable bonds is 6. The topological polar surface area (TPSA) is 94.8 Å². The SMILES string of the molecule is CN(C)Sc1c(Cl)ccc(Nc2c(NC3c4occc4CCC3(C)C)c(=O)c2=O)c1O. The van der Waals surface area contributed by atoms with Crippen LogP contribution >= 0.6 is 23.5 Å². The molecule has 1 heterocycles. The first-order valence-electron chi connectivity index (χ1n) is 9.90. The second-order valence-corrected chi connectivity index (χ2v) is 10.3. The van der Waals surface area contributed by atoms with Gasteiger partial charge < -0.3 is 20.2 Å². The van der Waals surface area contributed by atoms with E-state index in [1.165, 1.54) is 11.9 Å². The van der Waals surface area contributed by atoms with Gasteiger partial charge in [0, 0.05) is 0 Å². The van der Waals surface area contributed by atoms with Gasteiger partial charge in [0.15, 0.2) is 5.75 Å². The normalized spacial score (nSPS) is 17.7. The second-order valence-electron chi connectivity index (χ2n) is 8.59. The number of phenolic OH excluding ortho intramolecular Hbond substituents is 1. The predicted molar refractivity (Wildman–Crippen MR) is 124 cm³/mol. The summed E-state index contributed by atoms with van der Waals surface area (Å²) in [5.74, 6) is 0.700. The Labute approximate surface area is 189 Å². The summed E-state index contributed by atoms with van der Waals surface area (Å²) in [5, 5.41) is 17.2. The zero-order valence-electron chi connectivity index (χ0n) is 17.7. The van der Waals surface area contributed by atoms with Gasteiger partial charge in [-0.2, -0.15) is 0 Å². The first-order valence-corrected chi connectivity index (χ1v) is 11.0. The van der Waals surface area contributed by atoms with Crippen LogP contribution in [0.1, 0.15) is 37.6 Å². The number of furan rings is 1. The molecule has 0 aliphatic heterocycles. The highest BCUT2D eigenvalue weighted by atomic mass is 35.5. The minimum atomic E-state index is -0.632. The Kier molecular flexibility index (Phi) is 5.57. The van der Waals surface area contributed by atoms with Crippen molar-refractivity contribution in [3.8, 4) is 5.75 Å². The van der Waals surface area contributed by atoms with Crippen molar-refractivity contribution in [3.63, 3.8) is 0 Å². The fourth-order valence-corrected chi connectivity index (χ4v) is 4.84. The number of nitrogens with zero attached hydrogens (tertiary/aromatic N) is 1. The van der Waals surface area contributed by atoms with E-state index in [-0.39, 0.29) is 28.6 Å². The Morgan fingerprint density at radius 1 is 1.19 bits per heavy atom. The van der Waals surface area contributed by atoms with Crippen LogP contribution in [0.2, 0.25) is 5.02 Å². The number of benzene rings is 1. The molecule has 4 rings (SSSR count). The average molecular weight is 462 g/mol. The lowest BCUT2D eigenvalue weighted by molar-refractivity contribution is 0.234. The first kappa shape index (κ1) is 21.8. The molecule has 9 heteroatoms. The highest BCUT2D eigenvalue weighted by molar-refractivity contribution is 7.97. The first-order chi connectivity index (χ1) is 14.6. The van der Waals surface area contributed by atoms with Crippen molar-refractivity contribution in [1.29, 1.82) is 0 Å². The fourth-order valence-electron chi connectivity index (χ4n) is 3.87. The van der Waals surface area contributed by atoms with Crippen molar-refractivity contribution >= 4 is 40.6 Å². The van der Waals surface area contributed by atoms with Crippen molar-refractivity contribution in [3.05, 3.63) is 61.3 Å². The maximum absolute atomic E-state index is 12.4. The Morgan fingerprint density at radius 3 is 2.61 bits per heavy atom. The number of halogens is 1. The summed E-state index contributed by atoms with van der Waals surface area (Å²) in [6.45, 7) is 4.20. The smallest absolute Gasteiger partial charge is 0.253 e. The van der Waals surface area contributed by atoms with E-state index in [0.29, 0.717) is 15.6 Å². The van der Waals surface area contributed by atoms with Crippen LogP contribution in [-0.4, -0.2) is 23.5 Å². The molecule has 1 unspecified atom stereocenters. The van der Waals surface area contributed by atoms with Gasteiger partial charge in [0.05, 0.1) is 27.9 Å². The lowest BCUT2D eigenvalue weighted by Gasteiger charge is -2.38. The number of phenols is 1. The molecule has 0 radical (unpaired) electrons. The fraction of sp³-hybridized carbons (Fsp3) is 0.364. The van der Waals surface area contributed by atoms with Crippen LogP contribution in [0, 0.1) is 5.41 Å². The van der Waals surface area contributed by atoms with Crippen LogP contribution in [0.25, 0.3) is 0 Å². The number of hydrogen-bond acceptors (Lipinski definition) is 8. The summed E-state index contributed by atoms with van der Waals surface area (Å²) in [7, 11) is 3.65. The zero-order chi connectivity index (χ0) is 22.5. The maximum Gasteiger partial charge on any atom is 0.253 e. The van der Waals surface area contributed by atoms with Crippen molar-refractivity contribution in [2.75, 3.05) is 24.7 Å². The third-order valence-corrected chi connectivity index (χ3v) is 7.07. The van der Waals surface area contributed by atoms with E-state index in [0.717, 1.165) is 24.2 Å². The lowest BCUT2D eigenvalue weighted by Crippen LogP contribution is -2.41. The molecule has 0 saturated carbocycles. The maximum atomic E-state index is 12.4. The highest BCUT2D eigenvalue weighted by Gasteiger charge is 2.40. The van der Waals surface area contributed by atoms with Gasteiger partial charge in [-0.1, -0.05) is 25.4 Å².